The van der Waals surface area contributed by atoms with Gasteiger partial charge in [-0.25, -0.2) is 0 Å². The third-order valence-corrected chi connectivity index (χ3v) is 8.95. The highest BCUT2D eigenvalue weighted by atomic mass is 35.5. The summed E-state index contributed by atoms with van der Waals surface area (Å²) < 4.78 is 12.1. The number of hydrogen-bond donors (Lipinski definition) is 2. The van der Waals surface area contributed by atoms with Gasteiger partial charge in [-0.1, -0.05) is 40.8 Å². The highest BCUT2D eigenvalue weighted by molar-refractivity contribution is 8.00. The number of amides is 3. The van der Waals surface area contributed by atoms with Crippen molar-refractivity contribution >= 4 is 58.1 Å². The van der Waals surface area contributed by atoms with Gasteiger partial charge < -0.3 is 14.8 Å². The number of thiazole rings is 1. The van der Waals surface area contributed by atoms with E-state index in [9.17, 15) is 19.2 Å². The van der Waals surface area contributed by atoms with Crippen LogP contribution in [-0.2, 0) is 20.9 Å². The summed E-state index contributed by atoms with van der Waals surface area (Å²) in [5.41, 5.74) is 1.24. The predicted octanol–water partition coefficient (Wildman–Crippen LogP) is 3.10. The lowest BCUT2D eigenvalue weighted by Crippen LogP contribution is -2.32. The number of fused-ring (bicyclic) bond motifs is 2. The van der Waals surface area contributed by atoms with Crippen molar-refractivity contribution in [1.82, 2.24) is 9.88 Å². The highest BCUT2D eigenvalue weighted by Gasteiger charge is 2.53. The van der Waals surface area contributed by atoms with Crippen LogP contribution in [0.5, 0.6) is 11.5 Å². The molecule has 1 fully saturated rings. The summed E-state index contributed by atoms with van der Waals surface area (Å²) in [4.78, 5) is 51.6. The molecule has 0 saturated carbocycles. The first-order valence-corrected chi connectivity index (χ1v) is 12.9. The van der Waals surface area contributed by atoms with Gasteiger partial charge >= 0.3 is 4.87 Å². The molecule has 2 aliphatic heterocycles. The van der Waals surface area contributed by atoms with Crippen molar-refractivity contribution < 1.29 is 23.9 Å². The van der Waals surface area contributed by atoms with Gasteiger partial charge in [0.25, 0.3) is 0 Å². The molecule has 0 bridgehead atoms. The van der Waals surface area contributed by atoms with E-state index >= 15 is 0 Å². The highest BCUT2D eigenvalue weighted by Crippen LogP contribution is 2.52. The minimum absolute atomic E-state index is 0.244. The molecule has 0 spiro atoms. The smallest absolute Gasteiger partial charge is 0.308 e. The van der Waals surface area contributed by atoms with Crippen LogP contribution in [-0.4, -0.2) is 41.8 Å². The van der Waals surface area contributed by atoms with Crippen molar-refractivity contribution in [2.75, 3.05) is 19.5 Å². The number of carbonyl (C=O) groups excluding carboxylic acids is 3. The first-order valence-electron chi connectivity index (χ1n) is 10.8. The van der Waals surface area contributed by atoms with Crippen LogP contribution < -0.4 is 25.0 Å². The van der Waals surface area contributed by atoms with Crippen molar-refractivity contribution in [3.05, 3.63) is 67.6 Å². The Kier molecular flexibility index (Phi) is 6.54. The van der Waals surface area contributed by atoms with E-state index in [2.05, 4.69) is 10.6 Å². The summed E-state index contributed by atoms with van der Waals surface area (Å²) in [6.07, 6.45) is 0. The Bertz CT molecular complexity index is 1430. The Morgan fingerprint density at radius 3 is 2.47 bits per heavy atom. The topological polar surface area (TPSA) is 116 Å². The molecule has 0 aliphatic carbocycles. The van der Waals surface area contributed by atoms with E-state index < -0.39 is 34.8 Å². The zero-order valence-corrected chi connectivity index (χ0v) is 21.5. The molecule has 2 unspecified atom stereocenters. The van der Waals surface area contributed by atoms with Crippen LogP contribution in [0.3, 0.4) is 0 Å². The van der Waals surface area contributed by atoms with Crippen molar-refractivity contribution in [3.63, 3.8) is 0 Å². The minimum atomic E-state index is -0.734. The van der Waals surface area contributed by atoms with Crippen LogP contribution in [0.15, 0.2) is 52.3 Å². The van der Waals surface area contributed by atoms with E-state index in [4.69, 9.17) is 21.1 Å². The maximum absolute atomic E-state index is 13.1. The lowest BCUT2D eigenvalue weighted by Gasteiger charge is -2.31. The van der Waals surface area contributed by atoms with Crippen molar-refractivity contribution in [2.45, 2.75) is 22.7 Å². The molecule has 3 amide bonds. The Morgan fingerprint density at radius 1 is 1.06 bits per heavy atom. The van der Waals surface area contributed by atoms with Gasteiger partial charge in [0, 0.05) is 21.5 Å². The van der Waals surface area contributed by atoms with Crippen LogP contribution >= 0.6 is 34.7 Å². The van der Waals surface area contributed by atoms with Crippen LogP contribution in [0.25, 0.3) is 0 Å². The molecule has 1 aromatic heterocycles. The van der Waals surface area contributed by atoms with E-state index in [1.165, 1.54) is 18.8 Å². The van der Waals surface area contributed by atoms with Gasteiger partial charge in [-0.15, -0.1) is 0 Å². The van der Waals surface area contributed by atoms with E-state index in [1.54, 1.807) is 42.5 Å². The zero-order chi connectivity index (χ0) is 25.6. The molecule has 3 aromatic rings. The van der Waals surface area contributed by atoms with Gasteiger partial charge in [0.1, 0.15) is 11.8 Å². The summed E-state index contributed by atoms with van der Waals surface area (Å²) in [6, 6.07) is 11.9. The first kappa shape index (κ1) is 24.4. The van der Waals surface area contributed by atoms with Gasteiger partial charge in [-0.3, -0.25) is 29.1 Å². The maximum atomic E-state index is 13.1. The number of imide groups is 1. The fourth-order valence-electron chi connectivity index (χ4n) is 4.46. The molecule has 2 N–H and O–H groups in total. The van der Waals surface area contributed by atoms with Crippen molar-refractivity contribution in [1.29, 1.82) is 0 Å². The molecular formula is C24H20ClN3O6S2. The summed E-state index contributed by atoms with van der Waals surface area (Å²) in [5.74, 6) is -1.52. The molecule has 1 saturated heterocycles. The lowest BCUT2D eigenvalue weighted by atomic mass is 9.83. The number of rotatable bonds is 6. The monoisotopic (exact) mass is 545 g/mol. The van der Waals surface area contributed by atoms with E-state index in [1.807, 2.05) is 0 Å². The molecule has 12 heteroatoms. The second kappa shape index (κ2) is 9.64. The number of methoxy groups -OCH3 is 2. The number of nitrogens with one attached hydrogen (secondary N) is 2. The molecule has 5 rings (SSSR count). The quantitative estimate of drug-likeness (QED) is 0.457. The Balaban J connectivity index is 1.55. The van der Waals surface area contributed by atoms with Gasteiger partial charge in [-0.2, -0.15) is 0 Å². The molecule has 36 heavy (non-hydrogen) atoms. The van der Waals surface area contributed by atoms with Gasteiger partial charge in [-0.05, 0) is 42.0 Å². The molecule has 2 aromatic carbocycles. The standard InChI is InChI=1S/C24H20ClN3O6S2/c1-33-14-8-3-11(9-15(14)34-2)17-18-19(22(31)27-21(18)30)35-23-20(17)36-24(32)28(23)10-16(29)26-13-6-4-12(25)5-7-13/h3-9,17-19H,10H2,1-2H3,(H,26,29)(H,27,30,31)/t17-,18?,19?/m0/s1. The summed E-state index contributed by atoms with van der Waals surface area (Å²) in [5, 5.41) is 5.47. The minimum Gasteiger partial charge on any atom is -0.493 e. The normalized spacial score (nSPS) is 20.4. The number of hydrogen-bond acceptors (Lipinski definition) is 8. The number of thioether (sulfide) groups is 1. The molecule has 3 atom stereocenters. The third-order valence-electron chi connectivity index (χ3n) is 6.08. The average Bonchev–Trinajstić information content (AvgIpc) is 3.33. The van der Waals surface area contributed by atoms with E-state index in [0.717, 1.165) is 23.1 Å². The van der Waals surface area contributed by atoms with Crippen molar-refractivity contribution in [3.8, 4) is 11.5 Å². The average molecular weight is 546 g/mol. The maximum Gasteiger partial charge on any atom is 0.308 e. The predicted molar refractivity (Wildman–Crippen MR) is 136 cm³/mol. The van der Waals surface area contributed by atoms with Crippen LogP contribution in [0, 0.1) is 5.92 Å². The van der Waals surface area contributed by atoms with Gasteiger partial charge in [0.15, 0.2) is 11.5 Å². The number of halogens is 1. The largest absolute Gasteiger partial charge is 0.493 e. The molecule has 3 heterocycles. The van der Waals surface area contributed by atoms with E-state index in [-0.39, 0.29) is 11.4 Å². The number of nitrogens with zero attached hydrogens (tertiary/aromatic N) is 1. The van der Waals surface area contributed by atoms with Crippen LogP contribution in [0.2, 0.25) is 5.02 Å². The van der Waals surface area contributed by atoms with Gasteiger partial charge in [0.2, 0.25) is 17.7 Å². The second-order valence-electron chi connectivity index (χ2n) is 8.19. The number of anilines is 1. The lowest BCUT2D eigenvalue weighted by molar-refractivity contribution is -0.126. The number of aromatic nitrogens is 1. The fraction of sp³-hybridized carbons (Fsp3) is 0.250. The molecule has 186 valence electrons. The first-order chi connectivity index (χ1) is 17.3. The van der Waals surface area contributed by atoms with Gasteiger partial charge in [0.05, 0.1) is 25.2 Å². The Labute approximate surface area is 218 Å². The van der Waals surface area contributed by atoms with Crippen LogP contribution in [0.1, 0.15) is 16.4 Å². The zero-order valence-electron chi connectivity index (χ0n) is 19.1. The number of ether oxygens (including phenoxy) is 2. The Hall–Kier alpha value is -3.28. The molecular weight excluding hydrogens is 526 g/mol. The molecule has 2 aliphatic rings. The second-order valence-corrected chi connectivity index (χ2v) is 10.7. The summed E-state index contributed by atoms with van der Waals surface area (Å²) >= 11 is 8.01. The number of benzene rings is 2. The Morgan fingerprint density at radius 2 is 1.78 bits per heavy atom. The third kappa shape index (κ3) is 4.27. The van der Waals surface area contributed by atoms with E-state index in [0.29, 0.717) is 37.7 Å². The summed E-state index contributed by atoms with van der Waals surface area (Å²) in [7, 11) is 3.03. The molecule has 9 nitrogen and oxygen atoms in total. The number of carbonyl (C=O) groups is 3. The summed E-state index contributed by atoms with van der Waals surface area (Å²) in [6.45, 7) is -0.244. The SMILES string of the molecule is COc1ccc([C@@H]2c3sc(=O)n(CC(=O)Nc4ccc(Cl)cc4)c3SC3C(=O)NC(=O)C32)cc1OC. The fourth-order valence-corrected chi connectivity index (χ4v) is 7.32. The molecule has 0 radical (unpaired) electrons. The van der Waals surface area contributed by atoms with Crippen LogP contribution in [0.4, 0.5) is 5.69 Å². The van der Waals surface area contributed by atoms with Crippen molar-refractivity contribution in [2.24, 2.45) is 5.92 Å².